The maximum Gasteiger partial charge on any atom is 0.341 e. The fraction of sp³-hybridized carbons (Fsp3) is 0.650. The highest BCUT2D eigenvalue weighted by atomic mass is 32.1. The molecule has 3 rings (SSSR count). The third kappa shape index (κ3) is 4.18. The minimum Gasteiger partial charge on any atom is -0.481 e. The first-order chi connectivity index (χ1) is 12.9. The van der Waals surface area contributed by atoms with Crippen molar-refractivity contribution in [3.8, 4) is 0 Å². The molecule has 27 heavy (non-hydrogen) atoms. The van der Waals surface area contributed by atoms with E-state index < -0.39 is 23.8 Å². The number of amides is 1. The molecule has 2 N–H and O–H groups in total. The van der Waals surface area contributed by atoms with Gasteiger partial charge in [0.2, 0.25) is 5.91 Å². The summed E-state index contributed by atoms with van der Waals surface area (Å²) in [5.41, 5.74) is 1.46. The molecular weight excluding hydrogens is 366 g/mol. The molecule has 0 bridgehead atoms. The predicted octanol–water partition coefficient (Wildman–Crippen LogP) is 3.88. The molecule has 0 radical (unpaired) electrons. The lowest BCUT2D eigenvalue weighted by atomic mass is 9.78. The summed E-state index contributed by atoms with van der Waals surface area (Å²) >= 11 is 1.44. The third-order valence-electron chi connectivity index (χ3n) is 5.65. The average molecular weight is 394 g/mol. The van der Waals surface area contributed by atoms with E-state index in [2.05, 4.69) is 12.2 Å². The number of carbonyl (C=O) groups excluding carboxylic acids is 2. The number of ether oxygens (including phenoxy) is 1. The lowest BCUT2D eigenvalue weighted by molar-refractivity contribution is -0.147. The van der Waals surface area contributed by atoms with E-state index in [0.717, 1.165) is 42.5 Å². The Kier molecular flexibility index (Phi) is 6.19. The molecule has 1 heterocycles. The zero-order chi connectivity index (χ0) is 19.6. The number of thiophene rings is 1. The van der Waals surface area contributed by atoms with Gasteiger partial charge in [0.25, 0.3) is 0 Å². The number of fused-ring (bicyclic) bond motifs is 1. The van der Waals surface area contributed by atoms with Gasteiger partial charge in [0.05, 0.1) is 24.0 Å². The Morgan fingerprint density at radius 2 is 1.89 bits per heavy atom. The molecule has 1 aromatic heterocycles. The summed E-state index contributed by atoms with van der Waals surface area (Å²) in [6.07, 6.45) is 5.48. The van der Waals surface area contributed by atoms with Gasteiger partial charge in [-0.25, -0.2) is 4.79 Å². The maximum absolute atomic E-state index is 12.9. The van der Waals surface area contributed by atoms with Crippen molar-refractivity contribution in [3.05, 3.63) is 16.0 Å². The van der Waals surface area contributed by atoms with Crippen molar-refractivity contribution >= 4 is 34.2 Å². The van der Waals surface area contributed by atoms with Crippen LogP contribution in [0.1, 0.15) is 66.8 Å². The van der Waals surface area contributed by atoms with Gasteiger partial charge in [-0.2, -0.15) is 0 Å². The Balaban J connectivity index is 1.88. The monoisotopic (exact) mass is 393 g/mol. The Morgan fingerprint density at radius 3 is 2.56 bits per heavy atom. The van der Waals surface area contributed by atoms with Crippen LogP contribution in [0, 0.1) is 17.8 Å². The Labute approximate surface area is 163 Å². The van der Waals surface area contributed by atoms with Crippen LogP contribution in [0.4, 0.5) is 5.00 Å². The number of aliphatic carboxylic acids is 1. The highest BCUT2D eigenvalue weighted by Gasteiger charge is 2.37. The topological polar surface area (TPSA) is 92.7 Å². The second kappa shape index (κ2) is 8.42. The van der Waals surface area contributed by atoms with Crippen LogP contribution >= 0.6 is 11.3 Å². The number of carboxylic acid groups (broad SMARTS) is 1. The number of hydrogen-bond acceptors (Lipinski definition) is 5. The molecule has 0 aromatic carbocycles. The van der Waals surface area contributed by atoms with Crippen LogP contribution in [0.25, 0.3) is 0 Å². The normalized spacial score (nSPS) is 24.7. The van der Waals surface area contributed by atoms with Gasteiger partial charge in [0, 0.05) is 4.88 Å². The molecule has 3 atom stereocenters. The van der Waals surface area contributed by atoms with Crippen LogP contribution in [-0.4, -0.2) is 29.6 Å². The molecule has 2 aliphatic rings. The molecule has 1 amide bonds. The van der Waals surface area contributed by atoms with E-state index in [1.54, 1.807) is 6.92 Å². The first-order valence-corrected chi connectivity index (χ1v) is 10.6. The smallest absolute Gasteiger partial charge is 0.341 e. The molecule has 0 unspecified atom stereocenters. The Morgan fingerprint density at radius 1 is 1.19 bits per heavy atom. The van der Waals surface area contributed by atoms with E-state index >= 15 is 0 Å². The molecule has 0 saturated heterocycles. The predicted molar refractivity (Wildman–Crippen MR) is 103 cm³/mol. The molecule has 1 fully saturated rings. The molecule has 6 nitrogen and oxygen atoms in total. The number of esters is 1. The van der Waals surface area contributed by atoms with Gasteiger partial charge in [0.1, 0.15) is 5.00 Å². The van der Waals surface area contributed by atoms with E-state index in [-0.39, 0.29) is 12.5 Å². The van der Waals surface area contributed by atoms with Gasteiger partial charge in [-0.15, -0.1) is 11.3 Å². The second-order valence-corrected chi connectivity index (χ2v) is 8.71. The van der Waals surface area contributed by atoms with Crippen LogP contribution in [0.5, 0.6) is 0 Å². The van der Waals surface area contributed by atoms with Crippen molar-refractivity contribution in [2.24, 2.45) is 17.8 Å². The first-order valence-electron chi connectivity index (χ1n) is 9.77. The molecule has 148 valence electrons. The SMILES string of the molecule is CCOC(=O)c1c(NC(=O)[C@@H]2CCCC[C@H]2C(=O)O)sc2c1CC[C@H](C)C2. The molecule has 0 spiro atoms. The summed E-state index contributed by atoms with van der Waals surface area (Å²) < 4.78 is 5.23. The van der Waals surface area contributed by atoms with Gasteiger partial charge in [-0.3, -0.25) is 9.59 Å². The van der Waals surface area contributed by atoms with Crippen molar-refractivity contribution in [3.63, 3.8) is 0 Å². The number of anilines is 1. The van der Waals surface area contributed by atoms with Crippen LogP contribution in [0.15, 0.2) is 0 Å². The molecule has 1 aromatic rings. The van der Waals surface area contributed by atoms with Crippen molar-refractivity contribution < 1.29 is 24.2 Å². The largest absolute Gasteiger partial charge is 0.481 e. The summed E-state index contributed by atoms with van der Waals surface area (Å²) in [7, 11) is 0. The van der Waals surface area contributed by atoms with E-state index in [4.69, 9.17) is 4.74 Å². The second-order valence-electron chi connectivity index (χ2n) is 7.60. The molecular formula is C20H27NO5S. The lowest BCUT2D eigenvalue weighted by Crippen LogP contribution is -2.36. The lowest BCUT2D eigenvalue weighted by Gasteiger charge is -2.27. The first kappa shape index (κ1) is 19.9. The highest BCUT2D eigenvalue weighted by molar-refractivity contribution is 7.17. The van der Waals surface area contributed by atoms with E-state index in [1.807, 2.05) is 0 Å². The third-order valence-corrected chi connectivity index (χ3v) is 6.82. The average Bonchev–Trinajstić information content (AvgIpc) is 2.98. The van der Waals surface area contributed by atoms with Crippen molar-refractivity contribution in [1.82, 2.24) is 0 Å². The maximum atomic E-state index is 12.9. The van der Waals surface area contributed by atoms with Gasteiger partial charge in [-0.05, 0) is 50.5 Å². The van der Waals surface area contributed by atoms with Crippen molar-refractivity contribution in [2.75, 3.05) is 11.9 Å². The van der Waals surface area contributed by atoms with Crippen LogP contribution in [-0.2, 0) is 27.2 Å². The standard InChI is InChI=1S/C20H27NO5S/c1-3-26-20(25)16-14-9-8-11(2)10-15(14)27-18(16)21-17(22)12-6-4-5-7-13(12)19(23)24/h11-13H,3-10H2,1-2H3,(H,21,22)(H,23,24)/t11-,12+,13+/m0/s1. The fourth-order valence-corrected chi connectivity index (χ4v) is 5.60. The summed E-state index contributed by atoms with van der Waals surface area (Å²) in [6.45, 7) is 4.22. The zero-order valence-corrected chi connectivity index (χ0v) is 16.7. The minimum absolute atomic E-state index is 0.275. The van der Waals surface area contributed by atoms with Gasteiger partial charge < -0.3 is 15.2 Å². The van der Waals surface area contributed by atoms with Gasteiger partial charge >= 0.3 is 11.9 Å². The van der Waals surface area contributed by atoms with Crippen molar-refractivity contribution in [2.45, 2.75) is 58.8 Å². The molecule has 0 aliphatic heterocycles. The summed E-state index contributed by atoms with van der Waals surface area (Å²) in [5, 5.41) is 12.9. The van der Waals surface area contributed by atoms with E-state index in [1.165, 1.54) is 11.3 Å². The Bertz CT molecular complexity index is 741. The number of nitrogens with one attached hydrogen (secondary N) is 1. The van der Waals surface area contributed by atoms with Gasteiger partial charge in [-0.1, -0.05) is 19.8 Å². The number of hydrogen-bond donors (Lipinski definition) is 2. The Hall–Kier alpha value is -1.89. The number of carboxylic acids is 1. The fourth-order valence-electron chi connectivity index (χ4n) is 4.20. The van der Waals surface area contributed by atoms with E-state index in [0.29, 0.717) is 29.3 Å². The summed E-state index contributed by atoms with van der Waals surface area (Å²) in [6, 6.07) is 0. The zero-order valence-electron chi connectivity index (χ0n) is 15.9. The van der Waals surface area contributed by atoms with Crippen LogP contribution < -0.4 is 5.32 Å². The van der Waals surface area contributed by atoms with Crippen molar-refractivity contribution in [1.29, 1.82) is 0 Å². The minimum atomic E-state index is -0.917. The van der Waals surface area contributed by atoms with E-state index in [9.17, 15) is 19.5 Å². The quantitative estimate of drug-likeness (QED) is 0.741. The highest BCUT2D eigenvalue weighted by Crippen LogP contribution is 2.41. The molecule has 7 heteroatoms. The summed E-state index contributed by atoms with van der Waals surface area (Å²) in [4.78, 5) is 38.1. The summed E-state index contributed by atoms with van der Waals surface area (Å²) in [5.74, 6) is -2.27. The number of carbonyl (C=O) groups is 3. The number of rotatable bonds is 5. The van der Waals surface area contributed by atoms with Gasteiger partial charge in [0.15, 0.2) is 0 Å². The molecule has 1 saturated carbocycles. The van der Waals surface area contributed by atoms with Crippen LogP contribution in [0.3, 0.4) is 0 Å². The van der Waals surface area contributed by atoms with Crippen LogP contribution in [0.2, 0.25) is 0 Å². The molecule has 2 aliphatic carbocycles.